The second-order valence-electron chi connectivity index (χ2n) is 10.8. The Morgan fingerprint density at radius 1 is 1.18 bits per heavy atom. The standard InChI is InChI=1S/C30H30ClN10O8P/c1-3-34-27-28-35-15-19(14-33)41(28)39-29(38-27)36-22-10-18(13-32)11-23(26(22)31)40-9-8-21(37-30(43)47-2)24(16-40)48-25(42)12-17-4-6-20(7-5-17)49-50(44,45)46/h4-7,10-11,15,21,24H,3,8-9,12,16H2,1-2H3,(H,37,43)(H2,44,45,46)(H2,34,36,38,39)/t21-,24-/m1/s1. The molecule has 2 atom stereocenters. The lowest BCUT2D eigenvalue weighted by Crippen LogP contribution is -2.56. The van der Waals surface area contributed by atoms with Crippen LogP contribution >= 0.6 is 19.4 Å². The number of phosphoric acid groups is 1. The molecular formula is C30H30ClN10O8P. The molecule has 1 amide bonds. The van der Waals surface area contributed by atoms with Crippen molar-refractivity contribution in [3.63, 3.8) is 0 Å². The van der Waals surface area contributed by atoms with Crippen molar-refractivity contribution in [1.82, 2.24) is 24.9 Å². The molecule has 50 heavy (non-hydrogen) atoms. The van der Waals surface area contributed by atoms with Crippen LogP contribution in [0, 0.1) is 22.7 Å². The second-order valence-corrected chi connectivity index (χ2v) is 12.3. The average molecular weight is 725 g/mol. The van der Waals surface area contributed by atoms with E-state index in [1.807, 2.05) is 17.9 Å². The normalized spacial score (nSPS) is 15.8. The number of halogens is 1. The number of methoxy groups -OCH3 is 1. The number of alkyl carbamates (subject to hydrolysis) is 1. The van der Waals surface area contributed by atoms with E-state index in [-0.39, 0.29) is 46.6 Å². The first-order valence-electron chi connectivity index (χ1n) is 14.9. The zero-order chi connectivity index (χ0) is 36.0. The average Bonchev–Trinajstić information content (AvgIpc) is 3.50. The van der Waals surface area contributed by atoms with Crippen LogP contribution in [-0.4, -0.2) is 80.3 Å². The van der Waals surface area contributed by atoms with Crippen LogP contribution in [0.4, 0.5) is 27.9 Å². The number of anilines is 4. The number of fused-ring (bicyclic) bond motifs is 1. The van der Waals surface area contributed by atoms with Gasteiger partial charge in [-0.15, -0.1) is 5.10 Å². The van der Waals surface area contributed by atoms with Gasteiger partial charge < -0.3 is 34.8 Å². The molecule has 0 radical (unpaired) electrons. The quantitative estimate of drug-likeness (QED) is 0.110. The van der Waals surface area contributed by atoms with Crippen molar-refractivity contribution in [2.24, 2.45) is 0 Å². The van der Waals surface area contributed by atoms with Crippen LogP contribution in [0.25, 0.3) is 5.65 Å². The highest BCUT2D eigenvalue weighted by molar-refractivity contribution is 7.46. The third-order valence-electron chi connectivity index (χ3n) is 7.42. The minimum atomic E-state index is -4.75. The molecule has 5 N–H and O–H groups in total. The van der Waals surface area contributed by atoms with Crippen molar-refractivity contribution in [3.8, 4) is 17.9 Å². The van der Waals surface area contributed by atoms with Crippen LogP contribution in [0.2, 0.25) is 5.02 Å². The summed E-state index contributed by atoms with van der Waals surface area (Å²) in [6, 6.07) is 12.2. The molecule has 3 heterocycles. The predicted molar refractivity (Wildman–Crippen MR) is 178 cm³/mol. The number of phosphoric ester groups is 1. The molecule has 0 aliphatic carbocycles. The number of nitrogens with one attached hydrogen (secondary N) is 3. The number of piperidine rings is 1. The molecule has 1 aliphatic heterocycles. The SMILES string of the molecule is CCNc1nc(Nc2cc(C#N)cc(N3CC[C@@H](NC(=O)OC)[C@H](OC(=O)Cc4ccc(OP(=O)(O)O)cc4)C3)c2Cl)nn2c(C#N)cnc12. The van der Waals surface area contributed by atoms with E-state index in [4.69, 9.17) is 30.9 Å². The summed E-state index contributed by atoms with van der Waals surface area (Å²) >= 11 is 6.92. The van der Waals surface area contributed by atoms with Gasteiger partial charge in [0.1, 0.15) is 17.9 Å². The van der Waals surface area contributed by atoms with E-state index in [1.165, 1.54) is 48.2 Å². The lowest BCUT2D eigenvalue weighted by atomic mass is 10.00. The highest BCUT2D eigenvalue weighted by atomic mass is 35.5. The molecule has 0 unspecified atom stereocenters. The molecular weight excluding hydrogens is 695 g/mol. The fourth-order valence-electron chi connectivity index (χ4n) is 5.22. The smallest absolute Gasteiger partial charge is 0.458 e. The minimum absolute atomic E-state index is 0.0666. The van der Waals surface area contributed by atoms with Crippen molar-refractivity contribution in [2.75, 3.05) is 42.3 Å². The van der Waals surface area contributed by atoms with Crippen LogP contribution in [0.15, 0.2) is 42.6 Å². The largest absolute Gasteiger partial charge is 0.524 e. The van der Waals surface area contributed by atoms with Gasteiger partial charge in [-0.25, -0.2) is 14.3 Å². The molecule has 1 saturated heterocycles. The van der Waals surface area contributed by atoms with Gasteiger partial charge in [0.15, 0.2) is 17.2 Å². The van der Waals surface area contributed by atoms with Gasteiger partial charge in [-0.3, -0.25) is 14.6 Å². The van der Waals surface area contributed by atoms with Crippen LogP contribution in [0.5, 0.6) is 5.75 Å². The summed E-state index contributed by atoms with van der Waals surface area (Å²) in [6.45, 7) is 2.80. The van der Waals surface area contributed by atoms with E-state index in [0.717, 1.165) is 0 Å². The van der Waals surface area contributed by atoms with Gasteiger partial charge in [-0.2, -0.15) is 20.0 Å². The second kappa shape index (κ2) is 15.3. The Kier molecular flexibility index (Phi) is 10.9. The zero-order valence-electron chi connectivity index (χ0n) is 26.5. The summed E-state index contributed by atoms with van der Waals surface area (Å²) in [4.78, 5) is 53.8. The molecule has 1 fully saturated rings. The number of hydrogen-bond donors (Lipinski definition) is 5. The van der Waals surface area contributed by atoms with E-state index in [1.54, 1.807) is 6.07 Å². The molecule has 1 aliphatic rings. The molecule has 5 rings (SSSR count). The summed E-state index contributed by atoms with van der Waals surface area (Å²) in [5.41, 5.74) is 1.97. The number of carbonyl (C=O) groups is 2. The number of imidazole rings is 1. The van der Waals surface area contributed by atoms with Crippen molar-refractivity contribution >= 4 is 60.3 Å². The highest BCUT2D eigenvalue weighted by Crippen LogP contribution is 2.38. The van der Waals surface area contributed by atoms with Gasteiger partial charge in [-0.1, -0.05) is 23.7 Å². The van der Waals surface area contributed by atoms with Crippen molar-refractivity contribution in [2.45, 2.75) is 31.9 Å². The number of rotatable bonds is 11. The van der Waals surface area contributed by atoms with E-state index in [0.29, 0.717) is 42.2 Å². The van der Waals surface area contributed by atoms with Gasteiger partial charge in [0.2, 0.25) is 5.95 Å². The Morgan fingerprint density at radius 3 is 2.60 bits per heavy atom. The minimum Gasteiger partial charge on any atom is -0.458 e. The Hall–Kier alpha value is -5.65. The number of ether oxygens (including phenoxy) is 2. The van der Waals surface area contributed by atoms with E-state index >= 15 is 0 Å². The summed E-state index contributed by atoms with van der Waals surface area (Å²) in [5.74, 6) is -0.281. The van der Waals surface area contributed by atoms with Gasteiger partial charge >= 0.3 is 19.9 Å². The number of nitrogens with zero attached hydrogens (tertiary/aromatic N) is 7. The lowest BCUT2D eigenvalue weighted by molar-refractivity contribution is -0.149. The molecule has 20 heteroatoms. The number of hydrogen-bond acceptors (Lipinski definition) is 14. The first kappa shape index (κ1) is 35.7. The summed E-state index contributed by atoms with van der Waals surface area (Å²) < 4.78 is 27.6. The van der Waals surface area contributed by atoms with Crippen LogP contribution in [0.1, 0.15) is 30.2 Å². The third-order valence-corrected chi connectivity index (χ3v) is 8.26. The van der Waals surface area contributed by atoms with Gasteiger partial charge in [0.25, 0.3) is 0 Å². The van der Waals surface area contributed by atoms with E-state index < -0.39 is 32.0 Å². The number of carbonyl (C=O) groups excluding carboxylic acids is 2. The molecule has 0 bridgehead atoms. The molecule has 0 spiro atoms. The summed E-state index contributed by atoms with van der Waals surface area (Å²) in [6.07, 6.45) is -0.114. The maximum absolute atomic E-state index is 13.1. The van der Waals surface area contributed by atoms with Gasteiger partial charge in [0.05, 0.1) is 60.3 Å². The monoisotopic (exact) mass is 724 g/mol. The van der Waals surface area contributed by atoms with Gasteiger partial charge in [-0.05, 0) is 43.2 Å². The van der Waals surface area contributed by atoms with Crippen LogP contribution in [-0.2, 0) is 25.3 Å². The van der Waals surface area contributed by atoms with E-state index in [2.05, 4.69) is 41.6 Å². The first-order chi connectivity index (χ1) is 23.9. The number of benzene rings is 2. The summed E-state index contributed by atoms with van der Waals surface area (Å²) in [5, 5.41) is 32.8. The van der Waals surface area contributed by atoms with Crippen molar-refractivity contribution in [1.29, 1.82) is 10.5 Å². The zero-order valence-corrected chi connectivity index (χ0v) is 28.2. The van der Waals surface area contributed by atoms with Crippen LogP contribution < -0.4 is 25.4 Å². The summed E-state index contributed by atoms with van der Waals surface area (Å²) in [7, 11) is -3.53. The number of esters is 1. The Balaban J connectivity index is 1.39. The van der Waals surface area contributed by atoms with Crippen molar-refractivity contribution in [3.05, 3.63) is 64.4 Å². The molecule has 18 nitrogen and oxygen atoms in total. The molecule has 2 aromatic heterocycles. The number of aromatic nitrogens is 4. The molecule has 0 saturated carbocycles. The molecule has 260 valence electrons. The Labute approximate surface area is 289 Å². The fraction of sp³-hybridized carbons (Fsp3) is 0.300. The highest BCUT2D eigenvalue weighted by Gasteiger charge is 2.35. The first-order valence-corrected chi connectivity index (χ1v) is 16.9. The van der Waals surface area contributed by atoms with Crippen molar-refractivity contribution < 1.29 is 37.9 Å². The van der Waals surface area contributed by atoms with Gasteiger partial charge in [0, 0.05) is 13.1 Å². The molecule has 2 aromatic carbocycles. The Bertz CT molecular complexity index is 2040. The fourth-order valence-corrected chi connectivity index (χ4v) is 5.90. The molecule has 4 aromatic rings. The Morgan fingerprint density at radius 2 is 1.94 bits per heavy atom. The lowest BCUT2D eigenvalue weighted by Gasteiger charge is -2.39. The van der Waals surface area contributed by atoms with Crippen LogP contribution in [0.3, 0.4) is 0 Å². The van der Waals surface area contributed by atoms with E-state index in [9.17, 15) is 24.7 Å². The third kappa shape index (κ3) is 8.49. The predicted octanol–water partition coefficient (Wildman–Crippen LogP) is 3.26. The maximum Gasteiger partial charge on any atom is 0.524 e. The number of amides is 1. The topological polar surface area (TPSA) is 249 Å². The number of nitriles is 2. The maximum atomic E-state index is 13.1.